The third-order valence-corrected chi connectivity index (χ3v) is 4.11. The summed E-state index contributed by atoms with van der Waals surface area (Å²) >= 11 is 5.65. The third kappa shape index (κ3) is 3.47. The molecule has 2 aromatic rings. The van der Waals surface area contributed by atoms with Gasteiger partial charge in [-0.1, -0.05) is 23.7 Å². The summed E-state index contributed by atoms with van der Waals surface area (Å²) in [5.74, 6) is -0.422. The fraction of sp³-hybridized carbons (Fsp3) is 0.0833. The second-order valence-electron chi connectivity index (χ2n) is 4.18. The minimum absolute atomic E-state index is 0.0152. The van der Waals surface area contributed by atoms with Gasteiger partial charge in [0.25, 0.3) is 10.0 Å². The first-order valence-electron chi connectivity index (χ1n) is 5.70. The van der Waals surface area contributed by atoms with Gasteiger partial charge in [0.15, 0.2) is 0 Å². The van der Waals surface area contributed by atoms with Crippen LogP contribution in [0.1, 0.15) is 5.56 Å². The molecule has 1 heterocycles. The third-order valence-electron chi connectivity index (χ3n) is 2.57. The Hall–Kier alpha value is -2.19. The fourth-order valence-electron chi connectivity index (χ4n) is 1.62. The number of nitrogens with zero attached hydrogens (tertiary/aromatic N) is 2. The topological polar surface area (TPSA) is 102 Å². The van der Waals surface area contributed by atoms with Gasteiger partial charge in [0.2, 0.25) is 5.82 Å². The number of sulfonamides is 1. The predicted octanol–water partition coefficient (Wildman–Crippen LogP) is 2.75. The fourth-order valence-corrected chi connectivity index (χ4v) is 2.89. The molecule has 1 aromatic heterocycles. The van der Waals surface area contributed by atoms with E-state index < -0.39 is 26.5 Å². The number of hydrogen-bond donors (Lipinski definition) is 1. The first kappa shape index (κ1) is 15.2. The van der Waals surface area contributed by atoms with E-state index in [1.165, 1.54) is 18.2 Å². The van der Waals surface area contributed by atoms with Gasteiger partial charge in [-0.05, 0) is 30.7 Å². The molecule has 0 saturated heterocycles. The summed E-state index contributed by atoms with van der Waals surface area (Å²) < 4.78 is 26.5. The van der Waals surface area contributed by atoms with Crippen LogP contribution in [0.5, 0.6) is 0 Å². The van der Waals surface area contributed by atoms with Crippen LogP contribution in [0, 0.1) is 17.0 Å². The second kappa shape index (κ2) is 5.66. The molecule has 0 unspecified atom stereocenters. The average molecular weight is 328 g/mol. The van der Waals surface area contributed by atoms with Crippen molar-refractivity contribution in [3.05, 3.63) is 57.2 Å². The number of aromatic nitrogens is 1. The van der Waals surface area contributed by atoms with Crippen molar-refractivity contribution in [2.75, 3.05) is 4.72 Å². The molecule has 0 bridgehead atoms. The lowest BCUT2D eigenvalue weighted by Gasteiger charge is -2.08. The van der Waals surface area contributed by atoms with Crippen molar-refractivity contribution in [3.8, 4) is 0 Å². The van der Waals surface area contributed by atoms with Crippen molar-refractivity contribution in [1.82, 2.24) is 4.98 Å². The summed E-state index contributed by atoms with van der Waals surface area (Å²) in [6.07, 6.45) is 0. The molecule has 1 N–H and O–H groups in total. The molecule has 0 aliphatic heterocycles. The van der Waals surface area contributed by atoms with Gasteiger partial charge in [0.05, 0.1) is 9.82 Å². The minimum atomic E-state index is -3.98. The van der Waals surface area contributed by atoms with Gasteiger partial charge < -0.3 is 0 Å². The van der Waals surface area contributed by atoms with E-state index in [1.54, 1.807) is 19.1 Å². The number of nitrogens with one attached hydrogen (secondary N) is 1. The summed E-state index contributed by atoms with van der Waals surface area (Å²) in [6, 6.07) is 8.43. The Morgan fingerprint density at radius 3 is 2.62 bits per heavy atom. The Bertz CT molecular complexity index is 808. The molecule has 2 rings (SSSR count). The van der Waals surface area contributed by atoms with Crippen LogP contribution in [0.2, 0.25) is 5.15 Å². The Labute approximate surface area is 125 Å². The van der Waals surface area contributed by atoms with Crippen LogP contribution in [-0.4, -0.2) is 18.3 Å². The number of nitro groups is 1. The molecule has 9 heteroatoms. The van der Waals surface area contributed by atoms with Crippen molar-refractivity contribution >= 4 is 33.1 Å². The quantitative estimate of drug-likeness (QED) is 0.528. The Kier molecular flexibility index (Phi) is 4.10. The van der Waals surface area contributed by atoms with Gasteiger partial charge in [-0.15, -0.1) is 0 Å². The first-order chi connectivity index (χ1) is 9.79. The van der Waals surface area contributed by atoms with E-state index in [1.807, 2.05) is 0 Å². The maximum absolute atomic E-state index is 12.2. The highest BCUT2D eigenvalue weighted by atomic mass is 35.5. The van der Waals surface area contributed by atoms with Crippen LogP contribution in [0.4, 0.5) is 11.5 Å². The van der Waals surface area contributed by atoms with Crippen molar-refractivity contribution in [2.45, 2.75) is 11.8 Å². The molecule has 0 atom stereocenters. The zero-order valence-electron chi connectivity index (χ0n) is 10.8. The summed E-state index contributed by atoms with van der Waals surface area (Å²) in [6.45, 7) is 1.74. The van der Waals surface area contributed by atoms with E-state index in [9.17, 15) is 18.5 Å². The van der Waals surface area contributed by atoms with E-state index in [0.717, 1.165) is 11.6 Å². The van der Waals surface area contributed by atoms with Crippen molar-refractivity contribution in [2.24, 2.45) is 0 Å². The van der Waals surface area contributed by atoms with E-state index in [2.05, 4.69) is 9.71 Å². The molecule has 0 aliphatic rings. The van der Waals surface area contributed by atoms with Gasteiger partial charge >= 0.3 is 5.69 Å². The Balaban J connectivity index is 2.46. The average Bonchev–Trinajstić information content (AvgIpc) is 2.38. The smallest absolute Gasteiger partial charge is 0.258 e. The number of rotatable bonds is 4. The molecular formula is C12H10ClN3O4S. The standard InChI is InChI=1S/C12H10ClN3O4S/c1-8-3-2-4-9(7-8)21(19,20)15-12-10(16(17)18)5-6-11(13)14-12/h2-7H,1H3,(H,14,15). The van der Waals surface area contributed by atoms with Crippen molar-refractivity contribution in [3.63, 3.8) is 0 Å². The highest BCUT2D eigenvalue weighted by Gasteiger charge is 2.22. The van der Waals surface area contributed by atoms with E-state index in [4.69, 9.17) is 11.6 Å². The normalized spacial score (nSPS) is 11.1. The molecule has 7 nitrogen and oxygen atoms in total. The maximum atomic E-state index is 12.2. The lowest BCUT2D eigenvalue weighted by atomic mass is 10.2. The molecule has 0 spiro atoms. The number of hydrogen-bond acceptors (Lipinski definition) is 5. The molecule has 0 fully saturated rings. The van der Waals surface area contributed by atoms with Crippen LogP contribution < -0.4 is 4.72 Å². The molecule has 21 heavy (non-hydrogen) atoms. The largest absolute Gasteiger partial charge is 0.312 e. The van der Waals surface area contributed by atoms with Crippen molar-refractivity contribution in [1.29, 1.82) is 0 Å². The second-order valence-corrected chi connectivity index (χ2v) is 6.25. The van der Waals surface area contributed by atoms with Crippen LogP contribution in [0.3, 0.4) is 0 Å². The molecule has 0 radical (unpaired) electrons. The van der Waals surface area contributed by atoms with Crippen LogP contribution >= 0.6 is 11.6 Å². The number of halogens is 1. The van der Waals surface area contributed by atoms with Gasteiger partial charge in [0, 0.05) is 6.07 Å². The number of benzene rings is 1. The summed E-state index contributed by atoms with van der Waals surface area (Å²) in [7, 11) is -3.98. The summed E-state index contributed by atoms with van der Waals surface area (Å²) in [4.78, 5) is 13.8. The van der Waals surface area contributed by atoms with Gasteiger partial charge in [-0.3, -0.25) is 14.8 Å². The van der Waals surface area contributed by atoms with Gasteiger partial charge in [-0.2, -0.15) is 0 Å². The molecule has 0 amide bonds. The molecule has 1 aromatic carbocycles. The van der Waals surface area contributed by atoms with Gasteiger partial charge in [-0.25, -0.2) is 13.4 Å². The predicted molar refractivity (Wildman–Crippen MR) is 77.9 cm³/mol. The van der Waals surface area contributed by atoms with Crippen LogP contribution in [-0.2, 0) is 10.0 Å². The monoisotopic (exact) mass is 327 g/mol. The summed E-state index contributed by atoms with van der Waals surface area (Å²) in [5.41, 5.74) is 0.266. The number of pyridine rings is 1. The van der Waals surface area contributed by atoms with Crippen LogP contribution in [0.25, 0.3) is 0 Å². The van der Waals surface area contributed by atoms with Gasteiger partial charge in [0.1, 0.15) is 5.15 Å². The first-order valence-corrected chi connectivity index (χ1v) is 7.56. The summed E-state index contributed by atoms with van der Waals surface area (Å²) in [5, 5.41) is 10.8. The Morgan fingerprint density at radius 1 is 1.29 bits per heavy atom. The minimum Gasteiger partial charge on any atom is -0.258 e. The molecule has 0 saturated carbocycles. The van der Waals surface area contributed by atoms with E-state index >= 15 is 0 Å². The lowest BCUT2D eigenvalue weighted by Crippen LogP contribution is -2.15. The zero-order valence-corrected chi connectivity index (χ0v) is 12.4. The molecular weight excluding hydrogens is 318 g/mol. The highest BCUT2D eigenvalue weighted by Crippen LogP contribution is 2.26. The van der Waals surface area contributed by atoms with E-state index in [-0.39, 0.29) is 10.0 Å². The Morgan fingerprint density at radius 2 is 2.00 bits per heavy atom. The molecule has 0 aliphatic carbocycles. The maximum Gasteiger partial charge on any atom is 0.312 e. The highest BCUT2D eigenvalue weighted by molar-refractivity contribution is 7.92. The number of anilines is 1. The zero-order chi connectivity index (χ0) is 15.6. The van der Waals surface area contributed by atoms with Crippen LogP contribution in [0.15, 0.2) is 41.3 Å². The SMILES string of the molecule is Cc1cccc(S(=O)(=O)Nc2nc(Cl)ccc2[N+](=O)[O-])c1. The number of aryl methyl sites for hydroxylation is 1. The lowest BCUT2D eigenvalue weighted by molar-refractivity contribution is -0.384. The molecule has 110 valence electrons. The van der Waals surface area contributed by atoms with E-state index in [0.29, 0.717) is 0 Å². The van der Waals surface area contributed by atoms with Crippen molar-refractivity contribution < 1.29 is 13.3 Å².